The molecule has 1 fully saturated rings. The lowest BCUT2D eigenvalue weighted by Crippen LogP contribution is -2.39. The summed E-state index contributed by atoms with van der Waals surface area (Å²) in [6.07, 6.45) is 2.92. The number of aryl methyl sites for hydroxylation is 1. The first kappa shape index (κ1) is 23.4. The number of carbonyl (C=O) groups is 2. The maximum absolute atomic E-state index is 12.8. The first-order valence-electron chi connectivity index (χ1n) is 11.8. The van der Waals surface area contributed by atoms with Crippen LogP contribution in [0.2, 0.25) is 0 Å². The van der Waals surface area contributed by atoms with Crippen molar-refractivity contribution in [2.75, 3.05) is 31.8 Å². The molecule has 184 valence electrons. The Hall–Kier alpha value is -3.30. The summed E-state index contributed by atoms with van der Waals surface area (Å²) < 4.78 is 21.7. The molecule has 0 aliphatic carbocycles. The fraction of sp³-hybridized carbons (Fsp3) is 0.385. The van der Waals surface area contributed by atoms with E-state index in [2.05, 4.69) is 16.3 Å². The highest BCUT2D eigenvalue weighted by molar-refractivity contribution is 7.16. The highest BCUT2D eigenvalue weighted by Crippen LogP contribution is 2.43. The van der Waals surface area contributed by atoms with E-state index in [4.69, 9.17) is 18.6 Å². The molecule has 1 unspecified atom stereocenters. The van der Waals surface area contributed by atoms with Gasteiger partial charge in [-0.1, -0.05) is 6.07 Å². The number of benzene rings is 1. The summed E-state index contributed by atoms with van der Waals surface area (Å²) in [6, 6.07) is 11.3. The Bertz CT molecular complexity index is 1200. The number of nitrogens with zero attached hydrogens (tertiary/aromatic N) is 1. The summed E-state index contributed by atoms with van der Waals surface area (Å²) in [5, 5.41) is 3.83. The van der Waals surface area contributed by atoms with E-state index in [1.54, 1.807) is 12.1 Å². The molecule has 1 amide bonds. The topological polar surface area (TPSA) is 90.2 Å². The molecular formula is C26H28N2O6S. The molecule has 2 aromatic heterocycles. The van der Waals surface area contributed by atoms with Gasteiger partial charge in [0.05, 0.1) is 24.8 Å². The lowest BCUT2D eigenvalue weighted by molar-refractivity contribution is -0.149. The van der Waals surface area contributed by atoms with Crippen molar-refractivity contribution in [2.45, 2.75) is 32.7 Å². The number of anilines is 1. The molecule has 8 nitrogen and oxygen atoms in total. The van der Waals surface area contributed by atoms with Crippen molar-refractivity contribution in [1.82, 2.24) is 4.90 Å². The van der Waals surface area contributed by atoms with Crippen molar-refractivity contribution in [3.05, 3.63) is 64.4 Å². The van der Waals surface area contributed by atoms with Gasteiger partial charge in [0.25, 0.3) is 5.91 Å². The molecule has 0 saturated carbocycles. The number of hydrogen-bond acceptors (Lipinski definition) is 8. The monoisotopic (exact) mass is 496 g/mol. The van der Waals surface area contributed by atoms with Gasteiger partial charge in [-0.15, -0.1) is 11.3 Å². The first-order valence-corrected chi connectivity index (χ1v) is 12.6. The van der Waals surface area contributed by atoms with Gasteiger partial charge in [-0.3, -0.25) is 14.5 Å². The molecule has 0 spiro atoms. The highest BCUT2D eigenvalue weighted by Gasteiger charge is 2.34. The van der Waals surface area contributed by atoms with Crippen LogP contribution in [0.15, 0.2) is 47.1 Å². The molecule has 35 heavy (non-hydrogen) atoms. The number of rotatable bonds is 7. The number of fused-ring (bicyclic) bond motifs is 1. The minimum atomic E-state index is -0.288. The molecule has 0 bridgehead atoms. The molecule has 1 atom stereocenters. The highest BCUT2D eigenvalue weighted by atomic mass is 32.1. The number of hydrogen-bond donors (Lipinski definition) is 1. The maximum atomic E-state index is 12.8. The maximum Gasteiger partial charge on any atom is 0.309 e. The van der Waals surface area contributed by atoms with E-state index >= 15 is 0 Å². The fourth-order valence-corrected chi connectivity index (χ4v) is 5.67. The van der Waals surface area contributed by atoms with Crippen molar-refractivity contribution in [3.8, 4) is 11.5 Å². The van der Waals surface area contributed by atoms with Crippen LogP contribution in [0.1, 0.15) is 52.4 Å². The molecule has 9 heteroatoms. The first-order chi connectivity index (χ1) is 17.0. The van der Waals surface area contributed by atoms with Gasteiger partial charge in [-0.25, -0.2) is 0 Å². The largest absolute Gasteiger partial charge is 0.466 e. The third-order valence-electron chi connectivity index (χ3n) is 6.38. The second kappa shape index (κ2) is 10.1. The summed E-state index contributed by atoms with van der Waals surface area (Å²) in [6.45, 7) is 5.91. The number of esters is 1. The summed E-state index contributed by atoms with van der Waals surface area (Å²) in [5.41, 5.74) is 2.04. The predicted octanol–water partition coefficient (Wildman–Crippen LogP) is 5.00. The van der Waals surface area contributed by atoms with E-state index in [0.717, 1.165) is 52.7 Å². The normalized spacial score (nSPS) is 16.7. The Labute approximate surface area is 207 Å². The zero-order chi connectivity index (χ0) is 24.4. The zero-order valence-corrected chi connectivity index (χ0v) is 20.6. The van der Waals surface area contributed by atoms with E-state index in [0.29, 0.717) is 12.4 Å². The zero-order valence-electron chi connectivity index (χ0n) is 19.7. The number of piperidine rings is 1. The van der Waals surface area contributed by atoms with Crippen LogP contribution in [0.25, 0.3) is 0 Å². The molecule has 1 saturated heterocycles. The molecule has 4 heterocycles. The van der Waals surface area contributed by atoms with Crippen LogP contribution in [-0.2, 0) is 9.53 Å². The lowest BCUT2D eigenvalue weighted by atomic mass is 9.91. The van der Waals surface area contributed by atoms with Gasteiger partial charge in [0, 0.05) is 10.4 Å². The average Bonchev–Trinajstić information content (AvgIpc) is 3.61. The molecule has 2 aliphatic heterocycles. The number of likely N-dealkylation sites (tertiary alicyclic amines) is 1. The lowest BCUT2D eigenvalue weighted by Gasteiger charge is -2.37. The predicted molar refractivity (Wildman–Crippen MR) is 131 cm³/mol. The summed E-state index contributed by atoms with van der Waals surface area (Å²) in [7, 11) is 0. The Morgan fingerprint density at radius 2 is 1.97 bits per heavy atom. The van der Waals surface area contributed by atoms with Crippen molar-refractivity contribution in [2.24, 2.45) is 5.92 Å². The van der Waals surface area contributed by atoms with E-state index in [-0.39, 0.29) is 36.4 Å². The fourth-order valence-electron chi connectivity index (χ4n) is 4.73. The standard InChI is InChI=1S/C26H28N2O6S/c1-3-31-26(30)17-8-10-28(11-9-17)23(18-6-7-20-22(14-18)34-15-33-20)19-13-16(2)35-25(19)27-24(29)21-5-4-12-32-21/h4-7,12-14,17,23H,3,8-11,15H2,1-2H3,(H,27,29). The third-order valence-corrected chi connectivity index (χ3v) is 7.36. The number of carbonyl (C=O) groups excluding carboxylic acids is 2. The van der Waals surface area contributed by atoms with Gasteiger partial charge in [0.1, 0.15) is 5.00 Å². The molecule has 1 aromatic carbocycles. The molecule has 5 rings (SSSR count). The quantitative estimate of drug-likeness (QED) is 0.461. The van der Waals surface area contributed by atoms with Gasteiger partial charge in [0.15, 0.2) is 17.3 Å². The number of nitrogens with one attached hydrogen (secondary N) is 1. The Morgan fingerprint density at radius 1 is 1.17 bits per heavy atom. The minimum absolute atomic E-state index is 0.0917. The third kappa shape index (κ3) is 4.92. The number of amides is 1. The van der Waals surface area contributed by atoms with Crippen molar-refractivity contribution in [3.63, 3.8) is 0 Å². The average molecular weight is 497 g/mol. The van der Waals surface area contributed by atoms with Crippen LogP contribution >= 0.6 is 11.3 Å². The minimum Gasteiger partial charge on any atom is -0.466 e. The van der Waals surface area contributed by atoms with Gasteiger partial charge in [-0.05, 0) is 75.7 Å². The molecule has 1 N–H and O–H groups in total. The van der Waals surface area contributed by atoms with Crippen LogP contribution in [0.3, 0.4) is 0 Å². The number of furan rings is 1. The number of thiophene rings is 1. The van der Waals surface area contributed by atoms with E-state index in [9.17, 15) is 9.59 Å². The SMILES string of the molecule is CCOC(=O)C1CCN(C(c2ccc3c(c2)OCO3)c2cc(C)sc2NC(=O)c2ccco2)CC1. The van der Waals surface area contributed by atoms with Crippen molar-refractivity contribution in [1.29, 1.82) is 0 Å². The van der Waals surface area contributed by atoms with E-state index < -0.39 is 0 Å². The molecule has 0 radical (unpaired) electrons. The summed E-state index contributed by atoms with van der Waals surface area (Å²) >= 11 is 1.53. The summed E-state index contributed by atoms with van der Waals surface area (Å²) in [5.74, 6) is 1.19. The number of ether oxygens (including phenoxy) is 3. The van der Waals surface area contributed by atoms with Crippen LogP contribution < -0.4 is 14.8 Å². The van der Waals surface area contributed by atoms with Crippen LogP contribution in [0.4, 0.5) is 5.00 Å². The Kier molecular flexibility index (Phi) is 6.79. The van der Waals surface area contributed by atoms with Crippen LogP contribution in [0, 0.1) is 12.8 Å². The van der Waals surface area contributed by atoms with Crippen molar-refractivity contribution < 1.29 is 28.2 Å². The smallest absolute Gasteiger partial charge is 0.309 e. The van der Waals surface area contributed by atoms with Crippen molar-refractivity contribution >= 4 is 28.2 Å². The van der Waals surface area contributed by atoms with Gasteiger partial charge < -0.3 is 23.9 Å². The van der Waals surface area contributed by atoms with E-state index in [1.165, 1.54) is 17.6 Å². The molecular weight excluding hydrogens is 468 g/mol. The van der Waals surface area contributed by atoms with E-state index in [1.807, 2.05) is 32.0 Å². The Balaban J connectivity index is 1.47. The van der Waals surface area contributed by atoms with Crippen LogP contribution in [-0.4, -0.2) is 43.3 Å². The van der Waals surface area contributed by atoms with Gasteiger partial charge >= 0.3 is 5.97 Å². The molecule has 3 aromatic rings. The van der Waals surface area contributed by atoms with Gasteiger partial charge in [0.2, 0.25) is 6.79 Å². The molecule has 2 aliphatic rings. The van der Waals surface area contributed by atoms with Gasteiger partial charge in [-0.2, -0.15) is 0 Å². The van der Waals surface area contributed by atoms with Crippen LogP contribution in [0.5, 0.6) is 11.5 Å². The Morgan fingerprint density at radius 3 is 2.71 bits per heavy atom. The second-order valence-corrected chi connectivity index (χ2v) is 9.91. The second-order valence-electron chi connectivity index (χ2n) is 8.65. The summed E-state index contributed by atoms with van der Waals surface area (Å²) in [4.78, 5) is 28.6.